The first-order valence-electron chi connectivity index (χ1n) is 5.96. The van der Waals surface area contributed by atoms with Crippen LogP contribution in [0.15, 0.2) is 24.8 Å². The molecule has 2 aromatic heterocycles. The molecule has 0 aliphatic rings. The SMILES string of the molecule is CCCNCc1cncc(Oc2cnn(C)c2)n1. The molecule has 0 saturated heterocycles. The highest BCUT2D eigenvalue weighted by Crippen LogP contribution is 2.17. The maximum absolute atomic E-state index is 5.56. The van der Waals surface area contributed by atoms with Crippen LogP contribution in [0.4, 0.5) is 0 Å². The summed E-state index contributed by atoms with van der Waals surface area (Å²) in [5.74, 6) is 1.14. The van der Waals surface area contributed by atoms with Crippen LogP contribution in [-0.2, 0) is 13.6 Å². The number of nitrogens with one attached hydrogen (secondary N) is 1. The molecule has 0 atom stereocenters. The van der Waals surface area contributed by atoms with Crippen LogP contribution in [0.1, 0.15) is 19.0 Å². The molecule has 0 aromatic carbocycles. The van der Waals surface area contributed by atoms with Crippen LogP contribution < -0.4 is 10.1 Å². The fraction of sp³-hybridized carbons (Fsp3) is 0.417. The zero-order valence-corrected chi connectivity index (χ0v) is 10.6. The van der Waals surface area contributed by atoms with E-state index in [4.69, 9.17) is 4.74 Å². The van der Waals surface area contributed by atoms with Crippen LogP contribution in [-0.4, -0.2) is 26.3 Å². The maximum atomic E-state index is 5.56. The van der Waals surface area contributed by atoms with Gasteiger partial charge in [0, 0.05) is 19.8 Å². The first-order valence-corrected chi connectivity index (χ1v) is 5.96. The highest BCUT2D eigenvalue weighted by atomic mass is 16.5. The van der Waals surface area contributed by atoms with E-state index < -0.39 is 0 Å². The second-order valence-electron chi connectivity index (χ2n) is 3.98. The maximum Gasteiger partial charge on any atom is 0.238 e. The van der Waals surface area contributed by atoms with Crippen molar-refractivity contribution in [2.24, 2.45) is 7.05 Å². The fourth-order valence-corrected chi connectivity index (χ4v) is 1.49. The Morgan fingerprint density at radius 1 is 1.33 bits per heavy atom. The normalized spacial score (nSPS) is 10.6. The van der Waals surface area contributed by atoms with Crippen molar-refractivity contribution in [1.82, 2.24) is 25.1 Å². The summed E-state index contributed by atoms with van der Waals surface area (Å²) in [6, 6.07) is 0. The lowest BCUT2D eigenvalue weighted by molar-refractivity contribution is 0.455. The summed E-state index contributed by atoms with van der Waals surface area (Å²) in [6.07, 6.45) is 7.85. The first kappa shape index (κ1) is 12.5. The lowest BCUT2D eigenvalue weighted by Crippen LogP contribution is -2.15. The monoisotopic (exact) mass is 247 g/mol. The molecule has 0 unspecified atom stereocenters. The lowest BCUT2D eigenvalue weighted by atomic mass is 10.4. The molecule has 18 heavy (non-hydrogen) atoms. The molecule has 96 valence electrons. The third-order valence-electron chi connectivity index (χ3n) is 2.30. The Bertz CT molecular complexity index is 497. The summed E-state index contributed by atoms with van der Waals surface area (Å²) in [5.41, 5.74) is 0.866. The molecule has 6 nitrogen and oxygen atoms in total. The molecule has 0 saturated carbocycles. The van der Waals surface area contributed by atoms with Crippen LogP contribution >= 0.6 is 0 Å². The Morgan fingerprint density at radius 2 is 2.22 bits per heavy atom. The highest BCUT2D eigenvalue weighted by Gasteiger charge is 2.03. The molecular weight excluding hydrogens is 230 g/mol. The van der Waals surface area contributed by atoms with Crippen LogP contribution in [0.3, 0.4) is 0 Å². The summed E-state index contributed by atoms with van der Waals surface area (Å²) in [7, 11) is 1.84. The van der Waals surface area contributed by atoms with Gasteiger partial charge in [0.15, 0.2) is 5.75 Å². The second kappa shape index (κ2) is 6.11. The Kier molecular flexibility index (Phi) is 4.25. The van der Waals surface area contributed by atoms with Crippen molar-refractivity contribution >= 4 is 0 Å². The minimum absolute atomic E-state index is 0.485. The molecule has 0 spiro atoms. The smallest absolute Gasteiger partial charge is 0.238 e. The Labute approximate surface area is 106 Å². The van der Waals surface area contributed by atoms with E-state index in [9.17, 15) is 0 Å². The van der Waals surface area contributed by atoms with Gasteiger partial charge in [-0.1, -0.05) is 6.92 Å². The van der Waals surface area contributed by atoms with Gasteiger partial charge in [-0.15, -0.1) is 0 Å². The Balaban J connectivity index is 1.98. The number of nitrogens with zero attached hydrogens (tertiary/aromatic N) is 4. The van der Waals surface area contributed by atoms with Gasteiger partial charge in [0.1, 0.15) is 0 Å². The van der Waals surface area contributed by atoms with E-state index in [1.807, 2.05) is 7.05 Å². The van der Waals surface area contributed by atoms with Crippen molar-refractivity contribution in [3.63, 3.8) is 0 Å². The molecule has 6 heteroatoms. The predicted octanol–water partition coefficient (Wildman–Crippen LogP) is 1.50. The van der Waals surface area contributed by atoms with Crippen molar-refractivity contribution < 1.29 is 4.74 Å². The van der Waals surface area contributed by atoms with E-state index in [-0.39, 0.29) is 0 Å². The van der Waals surface area contributed by atoms with E-state index in [1.54, 1.807) is 29.5 Å². The molecule has 0 amide bonds. The number of ether oxygens (including phenoxy) is 1. The number of rotatable bonds is 6. The first-order chi connectivity index (χ1) is 8.78. The van der Waals surface area contributed by atoms with Crippen LogP contribution in [0.2, 0.25) is 0 Å². The number of aromatic nitrogens is 4. The predicted molar refractivity (Wildman–Crippen MR) is 67.3 cm³/mol. The van der Waals surface area contributed by atoms with E-state index in [2.05, 4.69) is 27.3 Å². The van der Waals surface area contributed by atoms with Crippen molar-refractivity contribution in [3.8, 4) is 11.6 Å². The minimum Gasteiger partial charge on any atom is -0.434 e. The Hall–Kier alpha value is -1.95. The zero-order chi connectivity index (χ0) is 12.8. The zero-order valence-electron chi connectivity index (χ0n) is 10.6. The summed E-state index contributed by atoms with van der Waals surface area (Å²) >= 11 is 0. The van der Waals surface area contributed by atoms with Crippen molar-refractivity contribution in [3.05, 3.63) is 30.5 Å². The topological polar surface area (TPSA) is 64.9 Å². The largest absolute Gasteiger partial charge is 0.434 e. The molecule has 0 aliphatic carbocycles. The van der Waals surface area contributed by atoms with Gasteiger partial charge in [0.2, 0.25) is 5.88 Å². The van der Waals surface area contributed by atoms with Crippen molar-refractivity contribution in [2.45, 2.75) is 19.9 Å². The third kappa shape index (κ3) is 3.53. The minimum atomic E-state index is 0.485. The highest BCUT2D eigenvalue weighted by molar-refractivity contribution is 5.20. The molecule has 0 bridgehead atoms. The van der Waals surface area contributed by atoms with Crippen molar-refractivity contribution in [2.75, 3.05) is 6.54 Å². The van der Waals surface area contributed by atoms with Crippen LogP contribution in [0.5, 0.6) is 11.6 Å². The molecule has 2 heterocycles. The number of hydrogen-bond acceptors (Lipinski definition) is 5. The van der Waals surface area contributed by atoms with E-state index >= 15 is 0 Å². The Morgan fingerprint density at radius 3 is 2.94 bits per heavy atom. The van der Waals surface area contributed by atoms with Gasteiger partial charge in [-0.25, -0.2) is 4.98 Å². The summed E-state index contributed by atoms with van der Waals surface area (Å²) < 4.78 is 7.24. The van der Waals surface area contributed by atoms with Gasteiger partial charge in [-0.05, 0) is 13.0 Å². The molecule has 1 N–H and O–H groups in total. The van der Waals surface area contributed by atoms with E-state index in [1.165, 1.54) is 0 Å². The standard InChI is InChI=1S/C12H17N5O/c1-3-4-13-5-10-6-14-8-12(16-10)18-11-7-15-17(2)9-11/h6-9,13H,3-5H2,1-2H3. The molecular formula is C12H17N5O. The summed E-state index contributed by atoms with van der Waals surface area (Å²) in [5, 5.41) is 7.30. The van der Waals surface area contributed by atoms with Gasteiger partial charge < -0.3 is 10.1 Å². The quantitative estimate of drug-likeness (QED) is 0.784. The van der Waals surface area contributed by atoms with Gasteiger partial charge in [0.05, 0.1) is 24.3 Å². The average molecular weight is 247 g/mol. The van der Waals surface area contributed by atoms with E-state index in [0.717, 1.165) is 18.7 Å². The third-order valence-corrected chi connectivity index (χ3v) is 2.30. The molecule has 0 fully saturated rings. The number of aryl methyl sites for hydroxylation is 1. The van der Waals surface area contributed by atoms with Gasteiger partial charge in [-0.3, -0.25) is 9.67 Å². The second-order valence-corrected chi connectivity index (χ2v) is 3.98. The van der Waals surface area contributed by atoms with Gasteiger partial charge >= 0.3 is 0 Å². The molecule has 0 radical (unpaired) electrons. The molecule has 2 rings (SSSR count). The van der Waals surface area contributed by atoms with Gasteiger partial charge in [0.25, 0.3) is 0 Å². The average Bonchev–Trinajstić information content (AvgIpc) is 2.76. The fourth-order valence-electron chi connectivity index (χ4n) is 1.49. The number of hydrogen-bond donors (Lipinski definition) is 1. The molecule has 2 aromatic rings. The van der Waals surface area contributed by atoms with Gasteiger partial charge in [-0.2, -0.15) is 5.10 Å². The van der Waals surface area contributed by atoms with Crippen LogP contribution in [0, 0.1) is 0 Å². The summed E-state index contributed by atoms with van der Waals surface area (Å²) in [6.45, 7) is 3.79. The van der Waals surface area contributed by atoms with E-state index in [0.29, 0.717) is 18.2 Å². The van der Waals surface area contributed by atoms with Crippen LogP contribution in [0.25, 0.3) is 0 Å². The lowest BCUT2D eigenvalue weighted by Gasteiger charge is -2.05. The van der Waals surface area contributed by atoms with Crippen molar-refractivity contribution in [1.29, 1.82) is 0 Å². The summed E-state index contributed by atoms with van der Waals surface area (Å²) in [4.78, 5) is 8.48. The molecule has 0 aliphatic heterocycles.